The van der Waals surface area contributed by atoms with Crippen LogP contribution in [0.3, 0.4) is 0 Å². The van der Waals surface area contributed by atoms with Gasteiger partial charge >= 0.3 is 0 Å². The van der Waals surface area contributed by atoms with E-state index in [4.69, 9.17) is 0 Å². The molecule has 1 aromatic rings. The highest BCUT2D eigenvalue weighted by Gasteiger charge is 2.20. The molecule has 0 fully saturated rings. The first kappa shape index (κ1) is 16.2. The summed E-state index contributed by atoms with van der Waals surface area (Å²) in [7, 11) is 0. The molecule has 19 heavy (non-hydrogen) atoms. The molecule has 0 spiro atoms. The van der Waals surface area contributed by atoms with E-state index in [0.29, 0.717) is 12.5 Å². The Bertz CT molecular complexity index is 385. The van der Waals surface area contributed by atoms with E-state index in [1.165, 1.54) is 4.88 Å². The Morgan fingerprint density at radius 2 is 2.11 bits per heavy atom. The zero-order chi connectivity index (χ0) is 14.5. The Kier molecular flexibility index (Phi) is 6.01. The van der Waals surface area contributed by atoms with Gasteiger partial charge in [-0.1, -0.05) is 26.8 Å². The average molecular weight is 282 g/mol. The van der Waals surface area contributed by atoms with Crippen LogP contribution in [-0.2, 0) is 4.79 Å². The lowest BCUT2D eigenvalue weighted by Crippen LogP contribution is -2.47. The molecule has 0 bridgehead atoms. The number of thiophene rings is 1. The van der Waals surface area contributed by atoms with Crippen LogP contribution in [0.1, 0.15) is 52.0 Å². The summed E-state index contributed by atoms with van der Waals surface area (Å²) in [5.74, 6) is 0.527. The van der Waals surface area contributed by atoms with Crippen LogP contribution < -0.4 is 10.6 Å². The Balaban J connectivity index is 2.52. The monoisotopic (exact) mass is 282 g/mol. The highest BCUT2D eigenvalue weighted by molar-refractivity contribution is 7.10. The van der Waals surface area contributed by atoms with E-state index in [-0.39, 0.29) is 17.5 Å². The van der Waals surface area contributed by atoms with Crippen LogP contribution in [-0.4, -0.2) is 18.0 Å². The highest BCUT2D eigenvalue weighted by Crippen LogP contribution is 2.25. The van der Waals surface area contributed by atoms with Crippen LogP contribution in [0.4, 0.5) is 0 Å². The number of amides is 1. The lowest BCUT2D eigenvalue weighted by Gasteiger charge is -2.26. The Hall–Kier alpha value is -0.870. The number of hydrogen-bond acceptors (Lipinski definition) is 3. The minimum absolute atomic E-state index is 0.0639. The molecule has 1 heterocycles. The van der Waals surface area contributed by atoms with Crippen LogP contribution in [0, 0.1) is 5.92 Å². The predicted octanol–water partition coefficient (Wildman–Crippen LogP) is 3.34. The third-order valence-corrected chi connectivity index (χ3v) is 4.32. The molecule has 0 aliphatic rings. The van der Waals surface area contributed by atoms with Gasteiger partial charge in [-0.05, 0) is 37.6 Å². The summed E-state index contributed by atoms with van der Waals surface area (Å²) in [6.45, 7) is 10.9. The lowest BCUT2D eigenvalue weighted by molar-refractivity contribution is -0.122. The molecular formula is C15H26N2OS. The van der Waals surface area contributed by atoms with Gasteiger partial charge in [0.15, 0.2) is 0 Å². The fourth-order valence-corrected chi connectivity index (χ4v) is 2.82. The summed E-state index contributed by atoms with van der Waals surface area (Å²) in [6, 6.07) is 4.42. The van der Waals surface area contributed by atoms with Crippen LogP contribution in [0.15, 0.2) is 17.5 Å². The van der Waals surface area contributed by atoms with Gasteiger partial charge < -0.3 is 10.6 Å². The van der Waals surface area contributed by atoms with E-state index in [2.05, 4.69) is 48.9 Å². The Labute approximate surface area is 120 Å². The van der Waals surface area contributed by atoms with E-state index >= 15 is 0 Å². The molecule has 0 aliphatic carbocycles. The number of rotatable bonds is 7. The van der Waals surface area contributed by atoms with Crippen molar-refractivity contribution in [3.05, 3.63) is 22.4 Å². The molecule has 0 saturated heterocycles. The zero-order valence-electron chi connectivity index (χ0n) is 12.6. The van der Waals surface area contributed by atoms with Gasteiger partial charge in [-0.15, -0.1) is 11.3 Å². The molecular weight excluding hydrogens is 256 g/mol. The van der Waals surface area contributed by atoms with Crippen molar-refractivity contribution in [1.82, 2.24) is 10.6 Å². The van der Waals surface area contributed by atoms with Crippen LogP contribution in [0.2, 0.25) is 0 Å². The molecule has 1 unspecified atom stereocenters. The molecule has 3 nitrogen and oxygen atoms in total. The smallest absolute Gasteiger partial charge is 0.234 e. The quantitative estimate of drug-likeness (QED) is 0.805. The highest BCUT2D eigenvalue weighted by atomic mass is 32.1. The second kappa shape index (κ2) is 7.06. The van der Waals surface area contributed by atoms with E-state index < -0.39 is 0 Å². The van der Waals surface area contributed by atoms with Gasteiger partial charge in [-0.3, -0.25) is 4.79 Å². The van der Waals surface area contributed by atoms with Crippen LogP contribution in [0.5, 0.6) is 0 Å². The molecule has 108 valence electrons. The molecule has 0 radical (unpaired) electrons. The van der Waals surface area contributed by atoms with Crippen LogP contribution in [0.25, 0.3) is 0 Å². The molecule has 1 rings (SSSR count). The average Bonchev–Trinajstić information content (AvgIpc) is 2.82. The van der Waals surface area contributed by atoms with Crippen molar-refractivity contribution in [3.8, 4) is 0 Å². The van der Waals surface area contributed by atoms with Crippen molar-refractivity contribution in [3.63, 3.8) is 0 Å². The molecule has 4 heteroatoms. The predicted molar refractivity (Wildman–Crippen MR) is 82.4 cm³/mol. The lowest BCUT2D eigenvalue weighted by atomic mass is 10.0. The second-order valence-corrected chi connectivity index (χ2v) is 6.88. The zero-order valence-corrected chi connectivity index (χ0v) is 13.4. The summed E-state index contributed by atoms with van der Waals surface area (Å²) in [5.41, 5.74) is -0.130. The second-order valence-electron chi connectivity index (χ2n) is 5.90. The van der Waals surface area contributed by atoms with Gasteiger partial charge in [0, 0.05) is 16.5 Å². The maximum absolute atomic E-state index is 11.9. The van der Waals surface area contributed by atoms with E-state index in [9.17, 15) is 4.79 Å². The summed E-state index contributed by atoms with van der Waals surface area (Å²) in [6.07, 6.45) is 0.928. The molecule has 2 N–H and O–H groups in total. The van der Waals surface area contributed by atoms with Gasteiger partial charge in [0.05, 0.1) is 6.54 Å². The number of hydrogen-bond donors (Lipinski definition) is 2. The first-order valence-electron chi connectivity index (χ1n) is 6.93. The Morgan fingerprint density at radius 1 is 1.42 bits per heavy atom. The van der Waals surface area contributed by atoms with Gasteiger partial charge in [0.2, 0.25) is 5.91 Å². The maximum atomic E-state index is 11.9. The summed E-state index contributed by atoms with van der Waals surface area (Å²) < 4.78 is 0. The standard InChI is InChI=1S/C15H26N2OS/c1-6-15(4,5)17-13(18)10-16-14(11(2)3)12-8-7-9-19-12/h7-9,11,14,16H,6,10H2,1-5H3,(H,17,18). The molecule has 0 saturated carbocycles. The molecule has 0 aromatic carbocycles. The van der Waals surface area contributed by atoms with Crippen LogP contribution >= 0.6 is 11.3 Å². The SMILES string of the molecule is CCC(C)(C)NC(=O)CNC(c1cccs1)C(C)C. The van der Waals surface area contributed by atoms with E-state index in [0.717, 1.165) is 6.42 Å². The molecule has 1 atom stereocenters. The topological polar surface area (TPSA) is 41.1 Å². The van der Waals surface area contributed by atoms with Gasteiger partial charge in [0.25, 0.3) is 0 Å². The van der Waals surface area contributed by atoms with Gasteiger partial charge in [0.1, 0.15) is 0 Å². The number of carbonyl (C=O) groups excluding carboxylic acids is 1. The van der Waals surface area contributed by atoms with Gasteiger partial charge in [-0.25, -0.2) is 0 Å². The van der Waals surface area contributed by atoms with E-state index in [1.807, 2.05) is 13.8 Å². The Morgan fingerprint density at radius 3 is 2.58 bits per heavy atom. The summed E-state index contributed by atoms with van der Waals surface area (Å²) in [4.78, 5) is 13.2. The van der Waals surface area contributed by atoms with Gasteiger partial charge in [-0.2, -0.15) is 0 Å². The normalized spacial score (nSPS) is 13.6. The third kappa shape index (κ3) is 5.33. The summed E-state index contributed by atoms with van der Waals surface area (Å²) in [5, 5.41) is 8.49. The fraction of sp³-hybridized carbons (Fsp3) is 0.667. The van der Waals surface area contributed by atoms with Crippen molar-refractivity contribution in [2.24, 2.45) is 5.92 Å². The van der Waals surface area contributed by atoms with Crippen molar-refractivity contribution >= 4 is 17.2 Å². The molecule has 1 amide bonds. The minimum Gasteiger partial charge on any atom is -0.350 e. The van der Waals surface area contributed by atoms with E-state index in [1.54, 1.807) is 11.3 Å². The van der Waals surface area contributed by atoms with Crippen molar-refractivity contribution in [2.75, 3.05) is 6.54 Å². The fourth-order valence-electron chi connectivity index (χ4n) is 1.85. The number of nitrogens with one attached hydrogen (secondary N) is 2. The third-order valence-electron chi connectivity index (χ3n) is 3.36. The first-order valence-corrected chi connectivity index (χ1v) is 7.81. The first-order chi connectivity index (χ1) is 8.85. The van der Waals surface area contributed by atoms with Crippen molar-refractivity contribution < 1.29 is 4.79 Å². The summed E-state index contributed by atoms with van der Waals surface area (Å²) >= 11 is 1.73. The van der Waals surface area contributed by atoms with Crippen molar-refractivity contribution in [2.45, 2.75) is 52.6 Å². The maximum Gasteiger partial charge on any atom is 0.234 e. The molecule has 0 aliphatic heterocycles. The largest absolute Gasteiger partial charge is 0.350 e. The van der Waals surface area contributed by atoms with Crippen molar-refractivity contribution in [1.29, 1.82) is 0 Å². The molecule has 1 aromatic heterocycles. The minimum atomic E-state index is -0.130. The number of carbonyl (C=O) groups is 1.